The molecule has 2 aromatic rings. The van der Waals surface area contributed by atoms with Crippen LogP contribution >= 0.6 is 0 Å². The van der Waals surface area contributed by atoms with E-state index in [0.29, 0.717) is 6.61 Å². The summed E-state index contributed by atoms with van der Waals surface area (Å²) >= 11 is 0. The smallest absolute Gasteiger partial charge is 0.246 e. The van der Waals surface area contributed by atoms with Gasteiger partial charge in [-0.2, -0.15) is 0 Å². The summed E-state index contributed by atoms with van der Waals surface area (Å²) in [6.07, 6.45) is 0. The summed E-state index contributed by atoms with van der Waals surface area (Å²) in [5, 5.41) is 12.1. The van der Waals surface area contributed by atoms with E-state index >= 15 is 0 Å². The minimum atomic E-state index is -0.404. The Kier molecular flexibility index (Phi) is 5.94. The number of amides is 1. The summed E-state index contributed by atoms with van der Waals surface area (Å²) < 4.78 is 5.37. The van der Waals surface area contributed by atoms with E-state index in [1.807, 2.05) is 60.7 Å². The minimum absolute atomic E-state index is 0.0295. The highest BCUT2D eigenvalue weighted by Gasteiger charge is 2.13. The number of hydrogen-bond acceptors (Lipinski definition) is 3. The average molecular weight is 285 g/mol. The molecule has 1 unspecified atom stereocenters. The highest BCUT2D eigenvalue weighted by molar-refractivity contribution is 5.77. The third kappa shape index (κ3) is 5.02. The van der Waals surface area contributed by atoms with Crippen LogP contribution in [0.1, 0.15) is 17.2 Å². The quantitative estimate of drug-likeness (QED) is 0.818. The number of aliphatic hydroxyl groups excluding tert-OH is 1. The second-order valence-electron chi connectivity index (χ2n) is 4.69. The van der Waals surface area contributed by atoms with E-state index < -0.39 is 6.04 Å². The second-order valence-corrected chi connectivity index (χ2v) is 4.69. The number of aliphatic hydroxyl groups is 1. The van der Waals surface area contributed by atoms with Crippen LogP contribution in [0, 0.1) is 0 Å². The molecule has 0 radical (unpaired) electrons. The Balaban J connectivity index is 1.78. The molecule has 2 rings (SSSR count). The number of hydrogen-bond donors (Lipinski definition) is 2. The van der Waals surface area contributed by atoms with Crippen LogP contribution in [0.4, 0.5) is 0 Å². The Morgan fingerprint density at radius 3 is 2.29 bits per heavy atom. The SMILES string of the molecule is O=C(COCc1ccccc1)NC(CO)c1ccccc1. The first kappa shape index (κ1) is 15.2. The Labute approximate surface area is 124 Å². The Hall–Kier alpha value is -2.17. The van der Waals surface area contributed by atoms with Gasteiger partial charge >= 0.3 is 0 Å². The van der Waals surface area contributed by atoms with Gasteiger partial charge in [-0.05, 0) is 11.1 Å². The number of ether oxygens (including phenoxy) is 1. The van der Waals surface area contributed by atoms with Crippen molar-refractivity contribution < 1.29 is 14.6 Å². The van der Waals surface area contributed by atoms with Gasteiger partial charge in [-0.1, -0.05) is 60.7 Å². The van der Waals surface area contributed by atoms with Crippen molar-refractivity contribution in [2.45, 2.75) is 12.6 Å². The molecule has 4 heteroatoms. The highest BCUT2D eigenvalue weighted by Crippen LogP contribution is 2.11. The fraction of sp³-hybridized carbons (Fsp3) is 0.235. The largest absolute Gasteiger partial charge is 0.394 e. The van der Waals surface area contributed by atoms with Crippen molar-refractivity contribution in [1.82, 2.24) is 5.32 Å². The van der Waals surface area contributed by atoms with E-state index in [1.165, 1.54) is 0 Å². The van der Waals surface area contributed by atoms with Crippen LogP contribution in [0.2, 0.25) is 0 Å². The molecule has 0 heterocycles. The Bertz CT molecular complexity index is 542. The lowest BCUT2D eigenvalue weighted by Gasteiger charge is -2.16. The first-order chi connectivity index (χ1) is 10.3. The molecule has 0 bridgehead atoms. The third-order valence-electron chi connectivity index (χ3n) is 3.06. The zero-order valence-electron chi connectivity index (χ0n) is 11.7. The molecule has 0 aliphatic rings. The molecule has 0 saturated heterocycles. The summed E-state index contributed by atoms with van der Waals surface area (Å²) in [7, 11) is 0. The molecule has 0 aromatic heterocycles. The van der Waals surface area contributed by atoms with Crippen molar-refractivity contribution in [3.8, 4) is 0 Å². The summed E-state index contributed by atoms with van der Waals surface area (Å²) in [6, 6.07) is 18.6. The van der Waals surface area contributed by atoms with Gasteiger partial charge in [0.2, 0.25) is 5.91 Å². The van der Waals surface area contributed by atoms with Crippen molar-refractivity contribution in [2.75, 3.05) is 13.2 Å². The lowest BCUT2D eigenvalue weighted by molar-refractivity contribution is -0.127. The van der Waals surface area contributed by atoms with Gasteiger partial charge in [0.05, 0.1) is 19.3 Å². The summed E-state index contributed by atoms with van der Waals surface area (Å²) in [5.74, 6) is -0.242. The van der Waals surface area contributed by atoms with E-state index in [4.69, 9.17) is 4.74 Å². The Morgan fingerprint density at radius 2 is 1.67 bits per heavy atom. The predicted octanol–water partition coefficient (Wildman–Crippen LogP) is 2.05. The molecular weight excluding hydrogens is 266 g/mol. The van der Waals surface area contributed by atoms with E-state index in [-0.39, 0.29) is 19.1 Å². The van der Waals surface area contributed by atoms with Crippen LogP contribution in [0.15, 0.2) is 60.7 Å². The maximum atomic E-state index is 11.8. The maximum absolute atomic E-state index is 11.8. The molecule has 21 heavy (non-hydrogen) atoms. The number of benzene rings is 2. The summed E-state index contributed by atoms with van der Waals surface area (Å²) in [4.78, 5) is 11.8. The van der Waals surface area contributed by atoms with Crippen molar-refractivity contribution >= 4 is 5.91 Å². The van der Waals surface area contributed by atoms with Crippen molar-refractivity contribution in [2.24, 2.45) is 0 Å². The number of nitrogens with one attached hydrogen (secondary N) is 1. The molecule has 0 spiro atoms. The average Bonchev–Trinajstić information content (AvgIpc) is 2.54. The van der Waals surface area contributed by atoms with Gasteiger partial charge < -0.3 is 15.2 Å². The molecule has 110 valence electrons. The topological polar surface area (TPSA) is 58.6 Å². The van der Waals surface area contributed by atoms with Crippen LogP contribution in [0.25, 0.3) is 0 Å². The van der Waals surface area contributed by atoms with Gasteiger partial charge in [-0.15, -0.1) is 0 Å². The monoisotopic (exact) mass is 285 g/mol. The predicted molar refractivity (Wildman–Crippen MR) is 80.5 cm³/mol. The van der Waals surface area contributed by atoms with Gasteiger partial charge in [0.15, 0.2) is 0 Å². The van der Waals surface area contributed by atoms with Crippen LogP contribution in [-0.2, 0) is 16.1 Å². The minimum Gasteiger partial charge on any atom is -0.394 e. The van der Waals surface area contributed by atoms with Crippen LogP contribution in [0.3, 0.4) is 0 Å². The lowest BCUT2D eigenvalue weighted by Crippen LogP contribution is -2.33. The summed E-state index contributed by atoms with van der Waals surface area (Å²) in [5.41, 5.74) is 1.89. The molecule has 0 aliphatic carbocycles. The molecule has 4 nitrogen and oxygen atoms in total. The van der Waals surface area contributed by atoms with Crippen LogP contribution in [0.5, 0.6) is 0 Å². The summed E-state index contributed by atoms with van der Waals surface area (Å²) in [6.45, 7) is 0.218. The lowest BCUT2D eigenvalue weighted by atomic mass is 10.1. The number of carbonyl (C=O) groups excluding carboxylic acids is 1. The van der Waals surface area contributed by atoms with Gasteiger partial charge in [0.25, 0.3) is 0 Å². The fourth-order valence-electron chi connectivity index (χ4n) is 1.99. The maximum Gasteiger partial charge on any atom is 0.246 e. The fourth-order valence-corrected chi connectivity index (χ4v) is 1.99. The van der Waals surface area contributed by atoms with Crippen molar-refractivity contribution in [1.29, 1.82) is 0 Å². The first-order valence-electron chi connectivity index (χ1n) is 6.86. The first-order valence-corrected chi connectivity index (χ1v) is 6.86. The molecule has 0 fully saturated rings. The van der Waals surface area contributed by atoms with Gasteiger partial charge in [-0.3, -0.25) is 4.79 Å². The van der Waals surface area contributed by atoms with Gasteiger partial charge in [0, 0.05) is 0 Å². The zero-order chi connectivity index (χ0) is 14.9. The molecule has 0 saturated carbocycles. The number of carbonyl (C=O) groups is 1. The van der Waals surface area contributed by atoms with Gasteiger partial charge in [0.1, 0.15) is 6.61 Å². The van der Waals surface area contributed by atoms with Crippen LogP contribution < -0.4 is 5.32 Å². The van der Waals surface area contributed by atoms with E-state index in [0.717, 1.165) is 11.1 Å². The third-order valence-corrected chi connectivity index (χ3v) is 3.06. The molecule has 2 N–H and O–H groups in total. The standard InChI is InChI=1S/C17H19NO3/c19-11-16(15-9-5-2-6-10-15)18-17(20)13-21-12-14-7-3-1-4-8-14/h1-10,16,19H,11-13H2,(H,18,20). The van der Waals surface area contributed by atoms with Gasteiger partial charge in [-0.25, -0.2) is 0 Å². The van der Waals surface area contributed by atoms with Crippen molar-refractivity contribution in [3.05, 3.63) is 71.8 Å². The highest BCUT2D eigenvalue weighted by atomic mass is 16.5. The van der Waals surface area contributed by atoms with E-state index in [9.17, 15) is 9.90 Å². The van der Waals surface area contributed by atoms with E-state index in [2.05, 4.69) is 5.32 Å². The molecular formula is C17H19NO3. The normalized spacial score (nSPS) is 11.9. The molecule has 1 atom stereocenters. The number of rotatable bonds is 7. The zero-order valence-corrected chi connectivity index (χ0v) is 11.7. The van der Waals surface area contributed by atoms with Crippen molar-refractivity contribution in [3.63, 3.8) is 0 Å². The molecule has 2 aromatic carbocycles. The Morgan fingerprint density at radius 1 is 1.05 bits per heavy atom. The second kappa shape index (κ2) is 8.19. The molecule has 1 amide bonds. The molecule has 0 aliphatic heterocycles. The van der Waals surface area contributed by atoms with Crippen LogP contribution in [-0.4, -0.2) is 24.2 Å². The van der Waals surface area contributed by atoms with E-state index in [1.54, 1.807) is 0 Å².